The molecule has 0 unspecified atom stereocenters. The summed E-state index contributed by atoms with van der Waals surface area (Å²) in [4.78, 5) is 33.1. The minimum absolute atomic E-state index is 0.116. The molecule has 0 spiro atoms. The van der Waals surface area contributed by atoms with Gasteiger partial charge in [-0.25, -0.2) is 4.79 Å². The van der Waals surface area contributed by atoms with E-state index in [1.54, 1.807) is 29.9 Å². The van der Waals surface area contributed by atoms with Gasteiger partial charge in [-0.1, -0.05) is 30.3 Å². The zero-order valence-corrected chi connectivity index (χ0v) is 26.8. The largest absolute Gasteiger partial charge is 0.497 e. The number of aromatic nitrogens is 2. The van der Waals surface area contributed by atoms with Crippen LogP contribution in [0.4, 0.5) is 4.79 Å². The van der Waals surface area contributed by atoms with Gasteiger partial charge in [-0.15, -0.1) is 0 Å². The van der Waals surface area contributed by atoms with Crippen LogP contribution in [0.5, 0.6) is 11.5 Å². The SMILES string of the molecule is COc1ccc2[nH]cc(C[C@H]3CCCN3C)c2c1.COc1ccc2c(ccn2C(=O)[C@H]2CCCN2C(=O)OCc2ccccc2)c1. The van der Waals surface area contributed by atoms with Gasteiger partial charge in [0, 0.05) is 41.3 Å². The summed E-state index contributed by atoms with van der Waals surface area (Å²) in [5.74, 6) is 1.56. The number of hydrogen-bond donors (Lipinski definition) is 1. The number of benzene rings is 3. The van der Waals surface area contributed by atoms with E-state index in [2.05, 4.69) is 35.3 Å². The van der Waals surface area contributed by atoms with Crippen molar-refractivity contribution in [2.24, 2.45) is 0 Å². The topological polar surface area (TPSA) is 89.0 Å². The van der Waals surface area contributed by atoms with Gasteiger partial charge in [0.25, 0.3) is 5.91 Å². The fourth-order valence-corrected chi connectivity index (χ4v) is 6.59. The first-order valence-corrected chi connectivity index (χ1v) is 16.0. The molecule has 2 aliphatic heterocycles. The highest BCUT2D eigenvalue weighted by atomic mass is 16.6. The summed E-state index contributed by atoms with van der Waals surface area (Å²) in [5.41, 5.74) is 4.33. The Morgan fingerprint density at radius 1 is 0.891 bits per heavy atom. The molecule has 0 saturated carbocycles. The van der Waals surface area contributed by atoms with Crippen molar-refractivity contribution in [3.63, 3.8) is 0 Å². The van der Waals surface area contributed by atoms with Crippen molar-refractivity contribution >= 4 is 33.8 Å². The van der Waals surface area contributed by atoms with Crippen LogP contribution in [0.2, 0.25) is 0 Å². The van der Waals surface area contributed by atoms with Gasteiger partial charge in [0.1, 0.15) is 24.1 Å². The number of rotatable bonds is 7. The van der Waals surface area contributed by atoms with Crippen LogP contribution in [0.3, 0.4) is 0 Å². The first kappa shape index (κ1) is 31.2. The van der Waals surface area contributed by atoms with Crippen LogP contribution in [0.25, 0.3) is 21.8 Å². The van der Waals surface area contributed by atoms with Crippen molar-refractivity contribution in [2.45, 2.75) is 50.8 Å². The van der Waals surface area contributed by atoms with Crippen molar-refractivity contribution in [2.75, 3.05) is 34.4 Å². The van der Waals surface area contributed by atoms with E-state index in [0.29, 0.717) is 19.0 Å². The standard InChI is InChI=1S/C22H22N2O4.C15H20N2O/c1-27-18-9-10-19-17(14-18)11-13-23(19)21(25)20-8-5-12-24(20)22(26)28-15-16-6-3-2-4-7-16;1-17-7-3-4-12(17)8-11-10-16-15-6-5-13(18-2)9-14(11)15/h2-4,6-7,9-11,13-14,20H,5,8,12,15H2,1H3;5-6,9-10,12,16H,3-4,7-8H2,1-2H3/t20-;12-/m11/s1. The van der Waals surface area contributed by atoms with Gasteiger partial charge >= 0.3 is 6.09 Å². The number of ether oxygens (including phenoxy) is 3. The molecule has 2 aromatic heterocycles. The summed E-state index contributed by atoms with van der Waals surface area (Å²) < 4.78 is 17.6. The molecule has 0 bridgehead atoms. The van der Waals surface area contributed by atoms with Crippen LogP contribution in [0.15, 0.2) is 85.2 Å². The Bertz CT molecular complexity index is 1800. The molecule has 2 saturated heterocycles. The lowest BCUT2D eigenvalue weighted by molar-refractivity contribution is 0.0679. The summed E-state index contributed by atoms with van der Waals surface area (Å²) in [6.45, 7) is 1.96. The summed E-state index contributed by atoms with van der Waals surface area (Å²) in [7, 11) is 5.56. The molecule has 240 valence electrons. The Balaban J connectivity index is 0.000000178. The lowest BCUT2D eigenvalue weighted by Gasteiger charge is -2.23. The van der Waals surface area contributed by atoms with Crippen LogP contribution in [0, 0.1) is 0 Å². The zero-order chi connectivity index (χ0) is 32.0. The fourth-order valence-electron chi connectivity index (χ4n) is 6.59. The van der Waals surface area contributed by atoms with Crippen molar-refractivity contribution in [3.05, 3.63) is 96.3 Å². The molecular formula is C37H42N4O5. The second-order valence-electron chi connectivity index (χ2n) is 12.0. The number of fused-ring (bicyclic) bond motifs is 2. The number of methoxy groups -OCH3 is 2. The van der Waals surface area contributed by atoms with E-state index < -0.39 is 12.1 Å². The smallest absolute Gasteiger partial charge is 0.410 e. The van der Waals surface area contributed by atoms with E-state index in [0.717, 1.165) is 40.8 Å². The maximum absolute atomic E-state index is 13.1. The van der Waals surface area contributed by atoms with Gasteiger partial charge in [0.05, 0.1) is 19.7 Å². The van der Waals surface area contributed by atoms with Gasteiger partial charge < -0.3 is 24.1 Å². The quantitative estimate of drug-likeness (QED) is 0.212. The van der Waals surface area contributed by atoms with Crippen LogP contribution in [-0.4, -0.2) is 77.8 Å². The molecule has 2 fully saturated rings. The molecule has 2 atom stereocenters. The first-order chi connectivity index (χ1) is 22.4. The molecule has 4 heterocycles. The Labute approximate surface area is 269 Å². The average Bonchev–Trinajstić information content (AvgIpc) is 3.91. The lowest BCUT2D eigenvalue weighted by atomic mass is 10.0. The third-order valence-corrected chi connectivity index (χ3v) is 9.21. The molecule has 2 aliphatic rings. The summed E-state index contributed by atoms with van der Waals surface area (Å²) in [6.07, 6.45) is 8.63. The highest BCUT2D eigenvalue weighted by Gasteiger charge is 2.36. The van der Waals surface area contributed by atoms with Gasteiger partial charge in [0.2, 0.25) is 0 Å². The second-order valence-corrected chi connectivity index (χ2v) is 12.0. The number of carbonyl (C=O) groups excluding carboxylic acids is 2. The maximum atomic E-state index is 13.1. The minimum Gasteiger partial charge on any atom is -0.497 e. The molecule has 3 aromatic carbocycles. The van der Waals surface area contributed by atoms with Gasteiger partial charge in [-0.05, 0) is 99.3 Å². The number of nitrogens with zero attached hydrogens (tertiary/aromatic N) is 3. The van der Waals surface area contributed by atoms with Gasteiger partial charge in [-0.3, -0.25) is 14.3 Å². The molecule has 46 heavy (non-hydrogen) atoms. The molecule has 7 rings (SSSR count). The molecule has 0 aliphatic carbocycles. The third kappa shape index (κ3) is 6.74. The van der Waals surface area contributed by atoms with Crippen LogP contribution in [0.1, 0.15) is 41.6 Å². The van der Waals surface area contributed by atoms with Crippen LogP contribution >= 0.6 is 0 Å². The number of nitrogens with one attached hydrogen (secondary N) is 1. The van der Waals surface area contributed by atoms with E-state index in [1.807, 2.05) is 60.7 Å². The molecule has 1 amide bonds. The summed E-state index contributed by atoms with van der Waals surface area (Å²) in [6, 6.07) is 23.4. The monoisotopic (exact) mass is 622 g/mol. The van der Waals surface area contributed by atoms with Gasteiger partial charge in [0.15, 0.2) is 0 Å². The van der Waals surface area contributed by atoms with Crippen molar-refractivity contribution in [1.82, 2.24) is 19.4 Å². The Kier molecular flexibility index (Phi) is 9.59. The molecule has 5 aromatic rings. The normalized spacial score (nSPS) is 18.0. The van der Waals surface area contributed by atoms with E-state index in [9.17, 15) is 9.59 Å². The predicted molar refractivity (Wildman–Crippen MR) is 180 cm³/mol. The number of hydrogen-bond acceptors (Lipinski definition) is 6. The summed E-state index contributed by atoms with van der Waals surface area (Å²) in [5, 5.41) is 2.22. The lowest BCUT2D eigenvalue weighted by Crippen LogP contribution is -2.42. The van der Waals surface area contributed by atoms with Crippen LogP contribution < -0.4 is 9.47 Å². The first-order valence-electron chi connectivity index (χ1n) is 16.0. The number of carbonyl (C=O) groups is 2. The summed E-state index contributed by atoms with van der Waals surface area (Å²) >= 11 is 0. The number of H-pyrrole nitrogens is 1. The highest BCUT2D eigenvalue weighted by Crippen LogP contribution is 2.28. The predicted octanol–water partition coefficient (Wildman–Crippen LogP) is 6.90. The Morgan fingerprint density at radius 3 is 2.41 bits per heavy atom. The number of amides is 1. The second kappa shape index (κ2) is 14.1. The molecule has 1 N–H and O–H groups in total. The maximum Gasteiger partial charge on any atom is 0.410 e. The van der Waals surface area contributed by atoms with Crippen molar-refractivity contribution in [3.8, 4) is 11.5 Å². The van der Waals surface area contributed by atoms with Crippen molar-refractivity contribution in [1.29, 1.82) is 0 Å². The molecular weight excluding hydrogens is 580 g/mol. The molecule has 9 heteroatoms. The van der Waals surface area contributed by atoms with Gasteiger partial charge in [-0.2, -0.15) is 0 Å². The van der Waals surface area contributed by atoms with Crippen LogP contribution in [-0.2, 0) is 17.8 Å². The fraction of sp³-hybridized carbons (Fsp3) is 0.351. The minimum atomic E-state index is -0.513. The Hall–Kier alpha value is -4.76. The average molecular weight is 623 g/mol. The Morgan fingerprint density at radius 2 is 1.65 bits per heavy atom. The molecule has 9 nitrogen and oxygen atoms in total. The number of aromatic amines is 1. The molecule has 0 radical (unpaired) electrons. The number of likely N-dealkylation sites (N-methyl/N-ethyl adjacent to an activating group) is 1. The van der Waals surface area contributed by atoms with E-state index in [-0.39, 0.29) is 12.5 Å². The zero-order valence-electron chi connectivity index (χ0n) is 26.8. The third-order valence-electron chi connectivity index (χ3n) is 9.21. The van der Waals surface area contributed by atoms with E-state index >= 15 is 0 Å². The van der Waals surface area contributed by atoms with Crippen molar-refractivity contribution < 1.29 is 23.8 Å². The number of likely N-dealkylation sites (tertiary alicyclic amines) is 2. The highest BCUT2D eigenvalue weighted by molar-refractivity contribution is 5.97. The van der Waals surface area contributed by atoms with E-state index in [1.165, 1.54) is 35.9 Å². The van der Waals surface area contributed by atoms with E-state index in [4.69, 9.17) is 14.2 Å².